The molecule has 0 spiro atoms. The number of para-hydroxylation sites is 1. The summed E-state index contributed by atoms with van der Waals surface area (Å²) >= 11 is 0. The maximum atomic E-state index is 12.8. The molecular formula is C21H21N5O2. The molecule has 2 heterocycles. The van der Waals surface area contributed by atoms with E-state index >= 15 is 0 Å². The number of benzene rings is 2. The Labute approximate surface area is 162 Å². The van der Waals surface area contributed by atoms with E-state index in [2.05, 4.69) is 10.2 Å². The molecule has 2 aromatic carbocycles. The van der Waals surface area contributed by atoms with Crippen LogP contribution in [0.4, 0.5) is 0 Å². The van der Waals surface area contributed by atoms with Crippen LogP contribution in [0.25, 0.3) is 16.6 Å². The van der Waals surface area contributed by atoms with Gasteiger partial charge < -0.3 is 4.74 Å². The van der Waals surface area contributed by atoms with Crippen molar-refractivity contribution in [2.45, 2.75) is 13.2 Å². The zero-order chi connectivity index (χ0) is 19.5. The van der Waals surface area contributed by atoms with E-state index in [1.165, 1.54) is 4.68 Å². The SMILES string of the molecule is COc1ccc(CN(C)Cn2ncc3cn(-c4ccccc4)nc3c2=O)cc1. The van der Waals surface area contributed by atoms with Gasteiger partial charge in [0, 0.05) is 18.1 Å². The Hall–Kier alpha value is -3.45. The summed E-state index contributed by atoms with van der Waals surface area (Å²) in [6, 6.07) is 17.6. The van der Waals surface area contributed by atoms with Crippen molar-refractivity contribution < 1.29 is 4.74 Å². The number of hydrogen-bond acceptors (Lipinski definition) is 5. The van der Waals surface area contributed by atoms with Gasteiger partial charge >= 0.3 is 0 Å². The molecule has 0 bridgehead atoms. The van der Waals surface area contributed by atoms with Gasteiger partial charge in [0.05, 0.1) is 25.7 Å². The number of methoxy groups -OCH3 is 1. The summed E-state index contributed by atoms with van der Waals surface area (Å²) in [7, 11) is 3.60. The first-order valence-electron chi connectivity index (χ1n) is 8.96. The number of nitrogens with zero attached hydrogens (tertiary/aromatic N) is 5. The first-order valence-corrected chi connectivity index (χ1v) is 8.96. The largest absolute Gasteiger partial charge is 0.497 e. The van der Waals surface area contributed by atoms with Crippen molar-refractivity contribution in [3.05, 3.63) is 82.9 Å². The molecular weight excluding hydrogens is 354 g/mol. The van der Waals surface area contributed by atoms with Crippen LogP contribution in [-0.2, 0) is 13.2 Å². The topological polar surface area (TPSA) is 65.2 Å². The van der Waals surface area contributed by atoms with E-state index in [9.17, 15) is 4.79 Å². The van der Waals surface area contributed by atoms with Crippen molar-refractivity contribution in [1.29, 1.82) is 0 Å². The molecule has 4 rings (SSSR count). The highest BCUT2D eigenvalue weighted by molar-refractivity contribution is 5.76. The highest BCUT2D eigenvalue weighted by atomic mass is 16.5. The Balaban J connectivity index is 1.55. The van der Waals surface area contributed by atoms with Crippen molar-refractivity contribution in [2.75, 3.05) is 14.2 Å². The van der Waals surface area contributed by atoms with Gasteiger partial charge in [-0.25, -0.2) is 9.36 Å². The number of hydrogen-bond donors (Lipinski definition) is 0. The summed E-state index contributed by atoms with van der Waals surface area (Å²) in [6.07, 6.45) is 3.51. The summed E-state index contributed by atoms with van der Waals surface area (Å²) in [5, 5.41) is 9.50. The van der Waals surface area contributed by atoms with Crippen molar-refractivity contribution in [3.8, 4) is 11.4 Å². The molecule has 28 heavy (non-hydrogen) atoms. The molecule has 0 radical (unpaired) electrons. The lowest BCUT2D eigenvalue weighted by molar-refractivity contribution is 0.241. The Morgan fingerprint density at radius 3 is 2.54 bits per heavy atom. The van der Waals surface area contributed by atoms with E-state index in [4.69, 9.17) is 4.74 Å². The smallest absolute Gasteiger partial charge is 0.296 e. The molecule has 2 aromatic heterocycles. The van der Waals surface area contributed by atoms with E-state index in [1.54, 1.807) is 18.0 Å². The zero-order valence-corrected chi connectivity index (χ0v) is 15.8. The van der Waals surface area contributed by atoms with E-state index < -0.39 is 0 Å². The van der Waals surface area contributed by atoms with Crippen molar-refractivity contribution in [3.63, 3.8) is 0 Å². The molecule has 0 amide bonds. The number of aromatic nitrogens is 4. The molecule has 7 heteroatoms. The fraction of sp³-hybridized carbons (Fsp3) is 0.190. The van der Waals surface area contributed by atoms with Gasteiger partial charge in [-0.3, -0.25) is 9.69 Å². The van der Waals surface area contributed by atoms with E-state index in [0.717, 1.165) is 22.4 Å². The van der Waals surface area contributed by atoms with Crippen LogP contribution in [0.5, 0.6) is 5.75 Å². The normalized spacial score (nSPS) is 11.2. The van der Waals surface area contributed by atoms with Crippen molar-refractivity contribution >= 4 is 10.9 Å². The number of rotatable bonds is 6. The molecule has 4 aromatic rings. The molecule has 0 N–H and O–H groups in total. The molecule has 0 atom stereocenters. The van der Waals surface area contributed by atoms with E-state index in [-0.39, 0.29) is 5.56 Å². The monoisotopic (exact) mass is 375 g/mol. The average molecular weight is 375 g/mol. The standard InChI is InChI=1S/C21H21N5O2/c1-24(13-16-8-10-19(28-2)11-9-16)15-26-21(27)20-17(12-22-26)14-25(23-20)18-6-4-3-5-7-18/h3-12,14H,13,15H2,1-2H3. The fourth-order valence-electron chi connectivity index (χ4n) is 3.09. The van der Waals surface area contributed by atoms with Gasteiger partial charge in [-0.05, 0) is 36.9 Å². The summed E-state index contributed by atoms with van der Waals surface area (Å²) < 4.78 is 8.33. The van der Waals surface area contributed by atoms with Crippen LogP contribution in [0.2, 0.25) is 0 Å². The van der Waals surface area contributed by atoms with Gasteiger partial charge in [0.1, 0.15) is 5.75 Å². The molecule has 7 nitrogen and oxygen atoms in total. The molecule has 0 saturated carbocycles. The third kappa shape index (κ3) is 3.65. The van der Waals surface area contributed by atoms with Crippen LogP contribution in [0.1, 0.15) is 5.56 Å². The minimum Gasteiger partial charge on any atom is -0.497 e. The molecule has 0 aliphatic rings. The maximum absolute atomic E-state index is 12.8. The van der Waals surface area contributed by atoms with Crippen LogP contribution >= 0.6 is 0 Å². The molecule has 142 valence electrons. The van der Waals surface area contributed by atoms with Crippen molar-refractivity contribution in [1.82, 2.24) is 24.5 Å². The second kappa shape index (κ2) is 7.66. The number of fused-ring (bicyclic) bond motifs is 1. The molecule has 0 saturated heterocycles. The predicted molar refractivity (Wildman–Crippen MR) is 108 cm³/mol. The van der Waals surface area contributed by atoms with E-state index in [1.807, 2.05) is 72.7 Å². The molecule has 0 aliphatic carbocycles. The Morgan fingerprint density at radius 1 is 1.07 bits per heavy atom. The second-order valence-corrected chi connectivity index (χ2v) is 6.67. The molecule has 0 aliphatic heterocycles. The lowest BCUT2D eigenvalue weighted by Crippen LogP contribution is -2.31. The van der Waals surface area contributed by atoms with Crippen LogP contribution < -0.4 is 10.3 Å². The zero-order valence-electron chi connectivity index (χ0n) is 15.8. The fourth-order valence-corrected chi connectivity index (χ4v) is 3.09. The van der Waals surface area contributed by atoms with Gasteiger partial charge in [0.15, 0.2) is 5.52 Å². The van der Waals surface area contributed by atoms with Crippen molar-refractivity contribution in [2.24, 2.45) is 0 Å². The summed E-state index contributed by atoms with van der Waals surface area (Å²) in [5.41, 5.74) is 2.25. The lowest BCUT2D eigenvalue weighted by atomic mass is 10.2. The lowest BCUT2D eigenvalue weighted by Gasteiger charge is -2.17. The minimum absolute atomic E-state index is 0.200. The molecule has 0 fully saturated rings. The Kier molecular flexibility index (Phi) is 4.90. The third-order valence-corrected chi connectivity index (χ3v) is 4.52. The van der Waals surface area contributed by atoms with Crippen LogP contribution in [0, 0.1) is 0 Å². The Bertz CT molecular complexity index is 1130. The van der Waals surface area contributed by atoms with Crippen LogP contribution in [0.15, 0.2) is 71.8 Å². The quantitative estimate of drug-likeness (QED) is 0.518. The van der Waals surface area contributed by atoms with Gasteiger partial charge in [0.25, 0.3) is 5.56 Å². The highest BCUT2D eigenvalue weighted by Gasteiger charge is 2.11. The third-order valence-electron chi connectivity index (χ3n) is 4.52. The predicted octanol–water partition coefficient (Wildman–Crippen LogP) is 2.68. The van der Waals surface area contributed by atoms with Gasteiger partial charge in [-0.1, -0.05) is 30.3 Å². The average Bonchev–Trinajstić information content (AvgIpc) is 3.17. The highest BCUT2D eigenvalue weighted by Crippen LogP contribution is 2.14. The van der Waals surface area contributed by atoms with E-state index in [0.29, 0.717) is 18.7 Å². The second-order valence-electron chi connectivity index (χ2n) is 6.67. The first kappa shape index (κ1) is 17.9. The number of ether oxygens (including phenoxy) is 1. The van der Waals surface area contributed by atoms with Crippen LogP contribution in [-0.4, -0.2) is 38.6 Å². The maximum Gasteiger partial charge on any atom is 0.296 e. The van der Waals surface area contributed by atoms with Gasteiger partial charge in [-0.2, -0.15) is 10.2 Å². The summed E-state index contributed by atoms with van der Waals surface area (Å²) in [5.74, 6) is 0.823. The first-order chi connectivity index (χ1) is 13.6. The van der Waals surface area contributed by atoms with Gasteiger partial charge in [0.2, 0.25) is 0 Å². The van der Waals surface area contributed by atoms with Crippen LogP contribution in [0.3, 0.4) is 0 Å². The summed E-state index contributed by atoms with van der Waals surface area (Å²) in [6.45, 7) is 1.06. The minimum atomic E-state index is -0.200. The molecule has 0 unspecified atom stereocenters. The Morgan fingerprint density at radius 2 is 1.82 bits per heavy atom. The van der Waals surface area contributed by atoms with Gasteiger partial charge in [-0.15, -0.1) is 0 Å². The summed E-state index contributed by atoms with van der Waals surface area (Å²) in [4.78, 5) is 14.9.